The smallest absolute Gasteiger partial charge is 0.264 e. The first-order chi connectivity index (χ1) is 15.2. The first kappa shape index (κ1) is 24.8. The fourth-order valence-corrected chi connectivity index (χ4v) is 5.96. The van der Waals surface area contributed by atoms with E-state index in [1.165, 1.54) is 12.5 Å². The van der Waals surface area contributed by atoms with Crippen molar-refractivity contribution in [3.63, 3.8) is 0 Å². The van der Waals surface area contributed by atoms with E-state index in [-0.39, 0.29) is 28.3 Å². The lowest BCUT2D eigenvalue weighted by Crippen LogP contribution is -2.37. The second kappa shape index (κ2) is 11.3. The summed E-state index contributed by atoms with van der Waals surface area (Å²) < 4.78 is 30.7. The van der Waals surface area contributed by atoms with Gasteiger partial charge in [0.25, 0.3) is 5.91 Å². The number of hydrogen-bond acceptors (Lipinski definition) is 5. The van der Waals surface area contributed by atoms with Crippen LogP contribution in [0.5, 0.6) is 5.75 Å². The number of amides is 1. The Kier molecular flexibility index (Phi) is 8.76. The maximum atomic E-state index is 12.7. The highest BCUT2D eigenvalue weighted by Gasteiger charge is 2.23. The van der Waals surface area contributed by atoms with Gasteiger partial charge >= 0.3 is 0 Å². The van der Waals surface area contributed by atoms with Crippen molar-refractivity contribution in [2.24, 2.45) is 5.92 Å². The molecule has 2 aromatic rings. The summed E-state index contributed by atoms with van der Waals surface area (Å²) in [6.45, 7) is -0.290. The van der Waals surface area contributed by atoms with Crippen LogP contribution in [0.2, 0.25) is 10.0 Å². The summed E-state index contributed by atoms with van der Waals surface area (Å²) in [4.78, 5) is 12.3. The van der Waals surface area contributed by atoms with E-state index in [1.807, 2.05) is 0 Å². The number of carbonyl (C=O) groups is 1. The first-order valence-electron chi connectivity index (χ1n) is 10.2. The maximum absolute atomic E-state index is 12.7. The molecular formula is C22H24Cl2N2O4S2. The monoisotopic (exact) mass is 514 g/mol. The lowest BCUT2D eigenvalue weighted by atomic mass is 9.91. The molecule has 0 aliphatic heterocycles. The van der Waals surface area contributed by atoms with Crippen molar-refractivity contribution in [1.29, 1.82) is 0 Å². The third kappa shape index (κ3) is 7.33. The zero-order valence-corrected chi connectivity index (χ0v) is 20.4. The molecule has 0 bridgehead atoms. The third-order valence-corrected chi connectivity index (χ3v) is 7.79. The topological polar surface area (TPSA) is 84.5 Å². The number of anilines is 1. The highest BCUT2D eigenvalue weighted by atomic mass is 35.5. The van der Waals surface area contributed by atoms with E-state index in [9.17, 15) is 13.2 Å². The Labute approximate surface area is 203 Å². The molecule has 2 N–H and O–H groups in total. The van der Waals surface area contributed by atoms with Crippen LogP contribution < -0.4 is 15.4 Å². The summed E-state index contributed by atoms with van der Waals surface area (Å²) in [7, 11) is -3.33. The number of halogens is 2. The average Bonchev–Trinajstić information content (AvgIpc) is 2.74. The summed E-state index contributed by atoms with van der Waals surface area (Å²) in [5.74, 6) is 0.279. The second-order valence-corrected chi connectivity index (χ2v) is 11.0. The minimum atomic E-state index is -3.33. The summed E-state index contributed by atoms with van der Waals surface area (Å²) in [6.07, 6.45) is 5.34. The maximum Gasteiger partial charge on any atom is 0.264 e. The van der Waals surface area contributed by atoms with Gasteiger partial charge in [0, 0.05) is 10.7 Å². The number of sulfone groups is 1. The molecular weight excluding hydrogens is 491 g/mol. The Morgan fingerprint density at radius 1 is 1.06 bits per heavy atom. The summed E-state index contributed by atoms with van der Waals surface area (Å²) in [5.41, 5.74) is 0.564. The number of thiocarbonyl (C=S) groups is 1. The van der Waals surface area contributed by atoms with Gasteiger partial charge in [-0.1, -0.05) is 42.5 Å². The van der Waals surface area contributed by atoms with E-state index in [2.05, 4.69) is 10.6 Å². The summed E-state index contributed by atoms with van der Waals surface area (Å²) >= 11 is 17.0. The molecule has 0 spiro atoms. The Hall–Kier alpha value is -1.87. The van der Waals surface area contributed by atoms with Crippen molar-refractivity contribution in [3.8, 4) is 5.75 Å². The van der Waals surface area contributed by atoms with Crippen molar-refractivity contribution < 1.29 is 17.9 Å². The minimum Gasteiger partial charge on any atom is -0.482 e. The van der Waals surface area contributed by atoms with Crippen LogP contribution in [0.25, 0.3) is 0 Å². The van der Waals surface area contributed by atoms with Gasteiger partial charge in [0.15, 0.2) is 21.6 Å². The molecule has 172 valence electrons. The molecule has 0 atom stereocenters. The van der Waals surface area contributed by atoms with E-state index >= 15 is 0 Å². The molecule has 1 aliphatic rings. The lowest BCUT2D eigenvalue weighted by molar-refractivity contribution is -0.121. The van der Waals surface area contributed by atoms with Gasteiger partial charge in [-0.05, 0) is 73.4 Å². The van der Waals surface area contributed by atoms with E-state index in [4.69, 9.17) is 40.2 Å². The van der Waals surface area contributed by atoms with Gasteiger partial charge in [0.05, 0.1) is 15.7 Å². The van der Waals surface area contributed by atoms with Crippen molar-refractivity contribution >= 4 is 62.0 Å². The highest BCUT2D eigenvalue weighted by Crippen LogP contribution is 2.28. The molecule has 3 rings (SSSR count). The van der Waals surface area contributed by atoms with E-state index < -0.39 is 15.7 Å². The molecule has 0 aromatic heterocycles. The van der Waals surface area contributed by atoms with Crippen LogP contribution in [0, 0.1) is 5.92 Å². The van der Waals surface area contributed by atoms with E-state index in [1.54, 1.807) is 36.4 Å². The third-order valence-electron chi connectivity index (χ3n) is 5.16. The Bertz CT molecular complexity index is 1070. The van der Waals surface area contributed by atoms with Crippen molar-refractivity contribution in [3.05, 3.63) is 52.5 Å². The normalized spacial score (nSPS) is 14.6. The lowest BCUT2D eigenvalue weighted by Gasteiger charge is -2.21. The Morgan fingerprint density at radius 2 is 1.75 bits per heavy atom. The van der Waals surface area contributed by atoms with Crippen LogP contribution in [0.1, 0.15) is 32.1 Å². The Balaban J connectivity index is 1.48. The van der Waals surface area contributed by atoms with Crippen LogP contribution >= 0.6 is 35.4 Å². The average molecular weight is 515 g/mol. The minimum absolute atomic E-state index is 0.0682. The Morgan fingerprint density at radius 3 is 2.41 bits per heavy atom. The van der Waals surface area contributed by atoms with Gasteiger partial charge < -0.3 is 10.1 Å². The molecule has 1 amide bonds. The molecule has 6 nitrogen and oxygen atoms in total. The molecule has 0 heterocycles. The number of hydrogen-bond donors (Lipinski definition) is 2. The van der Waals surface area contributed by atoms with Crippen LogP contribution in [-0.2, 0) is 14.6 Å². The molecule has 32 heavy (non-hydrogen) atoms. The molecule has 1 fully saturated rings. The fourth-order valence-electron chi connectivity index (χ4n) is 3.57. The van der Waals surface area contributed by atoms with Gasteiger partial charge in [0.1, 0.15) is 5.75 Å². The van der Waals surface area contributed by atoms with Gasteiger partial charge in [-0.25, -0.2) is 8.42 Å². The second-order valence-electron chi connectivity index (χ2n) is 7.68. The molecule has 10 heteroatoms. The van der Waals surface area contributed by atoms with Gasteiger partial charge in [-0.2, -0.15) is 0 Å². The standard InChI is InChI=1S/C22H24Cl2N2O4S2/c23-16-6-11-20(19(24)12-16)30-13-21(27)26-22(31)25-17-7-9-18(10-8-17)32(28,29)14-15-4-2-1-3-5-15/h6-12,15H,1-5,13-14H2,(H2,25,26,27,31). The molecule has 0 saturated heterocycles. The van der Waals surface area contributed by atoms with Crippen LogP contribution in [0.15, 0.2) is 47.4 Å². The molecule has 2 aromatic carbocycles. The zero-order valence-electron chi connectivity index (χ0n) is 17.3. The SMILES string of the molecule is O=C(COc1ccc(Cl)cc1Cl)NC(=S)Nc1ccc(S(=O)(=O)CC2CCCCC2)cc1. The molecule has 1 aliphatic carbocycles. The molecule has 1 saturated carbocycles. The van der Waals surface area contributed by atoms with E-state index in [0.717, 1.165) is 25.7 Å². The van der Waals surface area contributed by atoms with Gasteiger partial charge in [0.2, 0.25) is 0 Å². The van der Waals surface area contributed by atoms with Gasteiger partial charge in [-0.15, -0.1) is 0 Å². The van der Waals surface area contributed by atoms with Crippen molar-refractivity contribution in [2.75, 3.05) is 17.7 Å². The zero-order chi connectivity index (χ0) is 23.1. The number of carbonyl (C=O) groups excluding carboxylic acids is 1. The molecule has 0 unspecified atom stereocenters. The number of benzene rings is 2. The number of rotatable bonds is 7. The largest absolute Gasteiger partial charge is 0.482 e. The first-order valence-corrected chi connectivity index (χ1v) is 13.1. The van der Waals surface area contributed by atoms with Gasteiger partial charge in [-0.3, -0.25) is 10.1 Å². The van der Waals surface area contributed by atoms with Crippen molar-refractivity contribution in [2.45, 2.75) is 37.0 Å². The highest BCUT2D eigenvalue weighted by molar-refractivity contribution is 7.91. The van der Waals surface area contributed by atoms with E-state index in [0.29, 0.717) is 21.5 Å². The summed E-state index contributed by atoms with van der Waals surface area (Å²) in [6, 6.07) is 11.0. The predicted octanol–water partition coefficient (Wildman–Crippen LogP) is 5.24. The van der Waals surface area contributed by atoms with Crippen LogP contribution in [0.4, 0.5) is 5.69 Å². The molecule has 0 radical (unpaired) electrons. The van der Waals surface area contributed by atoms with Crippen LogP contribution in [0.3, 0.4) is 0 Å². The quantitative estimate of drug-likeness (QED) is 0.491. The predicted molar refractivity (Wildman–Crippen MR) is 131 cm³/mol. The summed E-state index contributed by atoms with van der Waals surface area (Å²) in [5, 5.41) is 6.18. The fraction of sp³-hybridized carbons (Fsp3) is 0.364. The number of ether oxygens (including phenoxy) is 1. The van der Waals surface area contributed by atoms with Crippen molar-refractivity contribution in [1.82, 2.24) is 5.32 Å². The number of nitrogens with one attached hydrogen (secondary N) is 2. The van der Waals surface area contributed by atoms with Crippen LogP contribution in [-0.4, -0.2) is 31.8 Å².